The summed E-state index contributed by atoms with van der Waals surface area (Å²) in [6, 6.07) is 6.65. The van der Waals surface area contributed by atoms with Gasteiger partial charge in [0.15, 0.2) is 0 Å². The Bertz CT molecular complexity index is 720. The van der Waals surface area contributed by atoms with Crippen LogP contribution in [0.2, 0.25) is 0 Å². The average Bonchev–Trinajstić information content (AvgIpc) is 2.55. The molecule has 1 aromatic rings. The van der Waals surface area contributed by atoms with Crippen molar-refractivity contribution in [3.63, 3.8) is 0 Å². The Balaban J connectivity index is 1.67. The molecule has 2 atom stereocenters. The highest BCUT2D eigenvalue weighted by Gasteiger charge is 2.25. The van der Waals surface area contributed by atoms with Crippen LogP contribution in [0.4, 0.5) is 0 Å². The van der Waals surface area contributed by atoms with Crippen LogP contribution >= 0.6 is 0 Å². The molecule has 7 nitrogen and oxygen atoms in total. The van der Waals surface area contributed by atoms with Gasteiger partial charge < -0.3 is 5.32 Å². The Morgan fingerprint density at radius 3 is 2.82 bits per heavy atom. The zero-order valence-corrected chi connectivity index (χ0v) is 11.5. The number of nitrogens with one attached hydrogen (secondary N) is 1. The number of hydrogen-bond donors (Lipinski definition) is 1. The fourth-order valence-electron chi connectivity index (χ4n) is 2.27. The van der Waals surface area contributed by atoms with Gasteiger partial charge in [-0.15, -0.1) is 5.11 Å². The Morgan fingerprint density at radius 1 is 1.23 bits per heavy atom. The zero-order valence-electron chi connectivity index (χ0n) is 11.5. The minimum atomic E-state index is -0.574. The molecule has 0 saturated carbocycles. The van der Waals surface area contributed by atoms with E-state index in [0.29, 0.717) is 5.56 Å². The van der Waals surface area contributed by atoms with E-state index in [9.17, 15) is 14.4 Å². The Morgan fingerprint density at radius 2 is 2.05 bits per heavy atom. The third-order valence-corrected chi connectivity index (χ3v) is 3.42. The van der Waals surface area contributed by atoms with E-state index in [4.69, 9.17) is 0 Å². The molecule has 3 rings (SSSR count). The molecular formula is C15H12N4O3. The van der Waals surface area contributed by atoms with Crippen LogP contribution in [-0.2, 0) is 9.59 Å². The normalized spacial score (nSPS) is 22.5. The van der Waals surface area contributed by atoms with Crippen molar-refractivity contribution >= 4 is 23.9 Å². The summed E-state index contributed by atoms with van der Waals surface area (Å²) in [6.07, 6.45) is 4.06. The molecule has 7 heteroatoms. The molecule has 1 N–H and O–H groups in total. The Hall–Kier alpha value is -2.96. The average molecular weight is 296 g/mol. The molecule has 3 amide bonds. The first-order chi connectivity index (χ1) is 10.6. The van der Waals surface area contributed by atoms with E-state index in [2.05, 4.69) is 20.5 Å². The second-order valence-corrected chi connectivity index (χ2v) is 4.87. The molecule has 0 bridgehead atoms. The quantitative estimate of drug-likeness (QED) is 0.907. The van der Waals surface area contributed by atoms with Gasteiger partial charge in [0, 0.05) is 24.4 Å². The number of aliphatic imine (C=N–C) groups is 1. The van der Waals surface area contributed by atoms with E-state index < -0.39 is 12.0 Å². The van der Waals surface area contributed by atoms with Crippen molar-refractivity contribution in [2.24, 2.45) is 21.1 Å². The first-order valence-electron chi connectivity index (χ1n) is 6.73. The molecule has 0 fully saturated rings. The van der Waals surface area contributed by atoms with Crippen LogP contribution in [0.1, 0.15) is 22.0 Å². The number of fused-ring (bicyclic) bond motifs is 1. The lowest BCUT2D eigenvalue weighted by Gasteiger charge is -2.19. The van der Waals surface area contributed by atoms with Crippen LogP contribution < -0.4 is 5.32 Å². The monoisotopic (exact) mass is 296 g/mol. The maximum absolute atomic E-state index is 12.0. The van der Waals surface area contributed by atoms with Crippen molar-refractivity contribution in [1.82, 2.24) is 5.32 Å². The van der Waals surface area contributed by atoms with Crippen molar-refractivity contribution in [2.45, 2.75) is 6.04 Å². The SMILES string of the molecule is O=C1C=CC(C(=O)NCC2N=NC(=O)c3ccccc32)C=N1. The second-order valence-electron chi connectivity index (χ2n) is 4.87. The molecule has 110 valence electrons. The summed E-state index contributed by atoms with van der Waals surface area (Å²) in [5, 5.41) is 10.3. The first-order valence-corrected chi connectivity index (χ1v) is 6.73. The number of nitrogens with zero attached hydrogens (tertiary/aromatic N) is 3. The minimum absolute atomic E-state index is 0.221. The van der Waals surface area contributed by atoms with Gasteiger partial charge in [-0.05, 0) is 11.6 Å². The molecule has 0 spiro atoms. The maximum atomic E-state index is 12.0. The van der Waals surface area contributed by atoms with Crippen LogP contribution in [0.3, 0.4) is 0 Å². The fourth-order valence-corrected chi connectivity index (χ4v) is 2.27. The molecule has 0 saturated heterocycles. The van der Waals surface area contributed by atoms with Gasteiger partial charge in [0.05, 0.1) is 5.92 Å². The van der Waals surface area contributed by atoms with Crippen molar-refractivity contribution in [3.05, 3.63) is 47.5 Å². The molecule has 22 heavy (non-hydrogen) atoms. The van der Waals surface area contributed by atoms with Crippen molar-refractivity contribution in [1.29, 1.82) is 0 Å². The summed E-state index contributed by atoms with van der Waals surface area (Å²) in [4.78, 5) is 38.2. The zero-order chi connectivity index (χ0) is 15.5. The highest BCUT2D eigenvalue weighted by Crippen LogP contribution is 2.26. The molecule has 2 aliphatic heterocycles. The standard InChI is InChI=1S/C15H12N4O3/c20-13-6-5-9(7-16-13)14(21)17-8-12-10-3-1-2-4-11(10)15(22)19-18-12/h1-7,9,12H,8H2,(H,17,21). The van der Waals surface area contributed by atoms with Crippen molar-refractivity contribution < 1.29 is 14.4 Å². The van der Waals surface area contributed by atoms with Crippen LogP contribution in [-0.4, -0.2) is 30.5 Å². The number of rotatable bonds is 3. The van der Waals surface area contributed by atoms with E-state index in [1.165, 1.54) is 18.4 Å². The molecule has 1 aromatic carbocycles. The number of hydrogen-bond acceptors (Lipinski definition) is 4. The molecule has 0 aliphatic carbocycles. The van der Waals surface area contributed by atoms with Gasteiger partial charge in [-0.1, -0.05) is 24.3 Å². The van der Waals surface area contributed by atoms with Crippen molar-refractivity contribution in [2.75, 3.05) is 6.54 Å². The van der Waals surface area contributed by atoms with Crippen LogP contribution in [0.25, 0.3) is 0 Å². The van der Waals surface area contributed by atoms with Gasteiger partial charge >= 0.3 is 0 Å². The fraction of sp³-hybridized carbons (Fsp3) is 0.200. The Labute approximate surface area is 125 Å². The lowest BCUT2D eigenvalue weighted by atomic mass is 9.99. The third kappa shape index (κ3) is 2.73. The van der Waals surface area contributed by atoms with E-state index in [1.54, 1.807) is 18.2 Å². The lowest BCUT2D eigenvalue weighted by Crippen LogP contribution is -2.35. The van der Waals surface area contributed by atoms with E-state index in [-0.39, 0.29) is 24.3 Å². The summed E-state index contributed by atoms with van der Waals surface area (Å²) < 4.78 is 0. The van der Waals surface area contributed by atoms with Crippen molar-refractivity contribution in [3.8, 4) is 0 Å². The number of carbonyl (C=O) groups excluding carboxylic acids is 3. The highest BCUT2D eigenvalue weighted by atomic mass is 16.2. The lowest BCUT2D eigenvalue weighted by molar-refractivity contribution is -0.121. The Kier molecular flexibility index (Phi) is 3.69. The molecule has 2 unspecified atom stereocenters. The van der Waals surface area contributed by atoms with Crippen LogP contribution in [0, 0.1) is 5.92 Å². The summed E-state index contributed by atoms with van der Waals surface area (Å²) in [7, 11) is 0. The number of azo groups is 1. The van der Waals surface area contributed by atoms with E-state index >= 15 is 0 Å². The predicted octanol–water partition coefficient (Wildman–Crippen LogP) is 1.23. The molecular weight excluding hydrogens is 284 g/mol. The molecule has 0 aromatic heterocycles. The molecule has 2 aliphatic rings. The summed E-state index contributed by atoms with van der Waals surface area (Å²) >= 11 is 0. The minimum Gasteiger partial charge on any atom is -0.353 e. The topological polar surface area (TPSA) is 100 Å². The number of amides is 3. The van der Waals surface area contributed by atoms with Gasteiger partial charge in [0.2, 0.25) is 5.91 Å². The second kappa shape index (κ2) is 5.80. The maximum Gasteiger partial charge on any atom is 0.295 e. The van der Waals surface area contributed by atoms with Gasteiger partial charge in [-0.2, -0.15) is 5.11 Å². The van der Waals surface area contributed by atoms with Gasteiger partial charge in [-0.25, -0.2) is 4.99 Å². The van der Waals surface area contributed by atoms with E-state index in [1.807, 2.05) is 6.07 Å². The highest BCUT2D eigenvalue weighted by molar-refractivity contribution is 6.05. The van der Waals surface area contributed by atoms with Crippen LogP contribution in [0.5, 0.6) is 0 Å². The summed E-state index contributed by atoms with van der Waals surface area (Å²) in [6.45, 7) is 0.221. The number of benzene rings is 1. The van der Waals surface area contributed by atoms with Crippen LogP contribution in [0.15, 0.2) is 51.6 Å². The van der Waals surface area contributed by atoms with E-state index in [0.717, 1.165) is 5.56 Å². The van der Waals surface area contributed by atoms with Gasteiger partial charge in [0.25, 0.3) is 11.8 Å². The van der Waals surface area contributed by atoms with Gasteiger partial charge in [-0.3, -0.25) is 14.4 Å². The number of dihydropyridines is 1. The predicted molar refractivity (Wildman–Crippen MR) is 77.5 cm³/mol. The first kappa shape index (κ1) is 14.0. The third-order valence-electron chi connectivity index (χ3n) is 3.42. The number of carbonyl (C=O) groups is 3. The van der Waals surface area contributed by atoms with Gasteiger partial charge in [0.1, 0.15) is 6.04 Å². The summed E-state index contributed by atoms with van der Waals surface area (Å²) in [5.41, 5.74) is 1.24. The summed E-state index contributed by atoms with van der Waals surface area (Å²) in [5.74, 6) is -1.61. The largest absolute Gasteiger partial charge is 0.353 e. The molecule has 0 radical (unpaired) electrons. The molecule has 2 heterocycles. The smallest absolute Gasteiger partial charge is 0.295 e.